The molecule has 0 saturated carbocycles. The van der Waals surface area contributed by atoms with Crippen LogP contribution in [0.5, 0.6) is 0 Å². The van der Waals surface area contributed by atoms with Gasteiger partial charge in [-0.1, -0.05) is 91.0 Å². The Bertz CT molecular complexity index is 789. The van der Waals surface area contributed by atoms with Crippen LogP contribution < -0.4 is 15.9 Å². The van der Waals surface area contributed by atoms with Crippen molar-refractivity contribution >= 4 is 35.8 Å². The van der Waals surface area contributed by atoms with E-state index in [0.29, 0.717) is 6.73 Å². The molecule has 0 aliphatic carbocycles. The number of nitrogens with zero attached hydrogens (tertiary/aromatic N) is 1. The molecule has 0 bridgehead atoms. The predicted molar refractivity (Wildman–Crippen MR) is 129 cm³/mol. The van der Waals surface area contributed by atoms with Crippen LogP contribution in [0.4, 0.5) is 0 Å². The second kappa shape index (κ2) is 14.9. The first-order valence-corrected chi connectivity index (χ1v) is 11.1. The van der Waals surface area contributed by atoms with Crippen molar-refractivity contribution < 1.29 is 19.4 Å². The van der Waals surface area contributed by atoms with E-state index < -0.39 is 13.9 Å². The van der Waals surface area contributed by atoms with Gasteiger partial charge in [0, 0.05) is 13.8 Å². The molecule has 0 fully saturated rings. The van der Waals surface area contributed by atoms with Crippen molar-refractivity contribution in [3.8, 4) is 0 Å². The molecule has 0 aliphatic rings. The molecular formula is C25H30NO4P. The normalized spacial score (nSPS) is 9.74. The molecule has 31 heavy (non-hydrogen) atoms. The Morgan fingerprint density at radius 2 is 1.03 bits per heavy atom. The van der Waals surface area contributed by atoms with Crippen LogP contribution in [0.3, 0.4) is 0 Å². The van der Waals surface area contributed by atoms with Gasteiger partial charge in [-0.3, -0.25) is 14.5 Å². The van der Waals surface area contributed by atoms with Crippen LogP contribution >= 0.6 is 7.92 Å². The Kier molecular flexibility index (Phi) is 12.5. The number of ether oxygens (including phenoxy) is 1. The first-order chi connectivity index (χ1) is 14.8. The van der Waals surface area contributed by atoms with Gasteiger partial charge in [0.15, 0.2) is 0 Å². The smallest absolute Gasteiger partial charge is 0.303 e. The number of aliphatic carboxylic acids is 1. The monoisotopic (exact) mass is 439 g/mol. The molecule has 1 N–H and O–H groups in total. The average molecular weight is 439 g/mol. The van der Waals surface area contributed by atoms with Crippen LogP contribution in [-0.4, -0.2) is 42.8 Å². The largest absolute Gasteiger partial charge is 0.481 e. The molecule has 3 rings (SSSR count). The summed E-state index contributed by atoms with van der Waals surface area (Å²) in [6.07, 6.45) is 0. The molecule has 0 atom stereocenters. The molecule has 0 aromatic heterocycles. The number of esters is 1. The number of rotatable bonds is 5. The number of carboxylic acid groups (broad SMARTS) is 1. The number of carbonyl (C=O) groups excluding carboxylic acids is 1. The zero-order chi connectivity index (χ0) is 23.1. The van der Waals surface area contributed by atoms with Gasteiger partial charge >= 0.3 is 5.97 Å². The maximum absolute atomic E-state index is 10.1. The Labute approximate surface area is 186 Å². The molecule has 0 spiro atoms. The quantitative estimate of drug-likeness (QED) is 0.374. The molecule has 0 saturated heterocycles. The third kappa shape index (κ3) is 11.7. The molecule has 3 aromatic carbocycles. The van der Waals surface area contributed by atoms with Crippen molar-refractivity contribution in [2.45, 2.75) is 13.8 Å². The van der Waals surface area contributed by atoms with Crippen LogP contribution in [0.2, 0.25) is 0 Å². The van der Waals surface area contributed by atoms with Gasteiger partial charge < -0.3 is 9.84 Å². The minimum atomic E-state index is -0.833. The highest BCUT2D eigenvalue weighted by molar-refractivity contribution is 7.79. The summed E-state index contributed by atoms with van der Waals surface area (Å²) in [5, 5.41) is 11.6. The fourth-order valence-electron chi connectivity index (χ4n) is 2.40. The van der Waals surface area contributed by atoms with E-state index >= 15 is 0 Å². The van der Waals surface area contributed by atoms with Crippen LogP contribution in [0.15, 0.2) is 91.0 Å². The number of hydrogen-bond donors (Lipinski definition) is 1. The summed E-state index contributed by atoms with van der Waals surface area (Å²) in [5.41, 5.74) is 0. The van der Waals surface area contributed by atoms with E-state index in [0.717, 1.165) is 6.92 Å². The Morgan fingerprint density at radius 3 is 1.23 bits per heavy atom. The fraction of sp³-hybridized carbons (Fsp3) is 0.200. The van der Waals surface area contributed by atoms with Gasteiger partial charge in [-0.25, -0.2) is 0 Å². The summed E-state index contributed by atoms with van der Waals surface area (Å²) in [4.78, 5) is 20.9. The summed E-state index contributed by atoms with van der Waals surface area (Å²) < 4.78 is 4.59. The van der Waals surface area contributed by atoms with Crippen molar-refractivity contribution in [3.05, 3.63) is 91.0 Å². The molecule has 0 radical (unpaired) electrons. The Balaban J connectivity index is 0.000000336. The van der Waals surface area contributed by atoms with E-state index in [1.54, 1.807) is 4.90 Å². The highest BCUT2D eigenvalue weighted by Crippen LogP contribution is 2.32. The number of carbonyl (C=O) groups is 2. The summed E-state index contributed by atoms with van der Waals surface area (Å²) >= 11 is 0. The number of carboxylic acids is 1. The van der Waals surface area contributed by atoms with E-state index in [-0.39, 0.29) is 5.97 Å². The Morgan fingerprint density at radius 1 is 0.742 bits per heavy atom. The zero-order valence-corrected chi connectivity index (χ0v) is 19.3. The highest BCUT2D eigenvalue weighted by atomic mass is 31.1. The molecular weight excluding hydrogens is 409 g/mol. The predicted octanol–water partition coefficient (Wildman–Crippen LogP) is 3.60. The van der Waals surface area contributed by atoms with E-state index in [9.17, 15) is 4.79 Å². The molecule has 164 valence electrons. The van der Waals surface area contributed by atoms with Crippen molar-refractivity contribution in [1.29, 1.82) is 0 Å². The van der Waals surface area contributed by atoms with Crippen molar-refractivity contribution in [3.63, 3.8) is 0 Å². The SMILES string of the molecule is CC(=O)O.CC(=O)OCN(C)C.c1ccc(P(c2ccccc2)c2ccccc2)cc1. The van der Waals surface area contributed by atoms with Gasteiger partial charge in [0.25, 0.3) is 5.97 Å². The van der Waals surface area contributed by atoms with E-state index in [4.69, 9.17) is 9.90 Å². The topological polar surface area (TPSA) is 66.8 Å². The van der Waals surface area contributed by atoms with Gasteiger partial charge in [0.05, 0.1) is 0 Å². The van der Waals surface area contributed by atoms with Crippen LogP contribution in [0, 0.1) is 0 Å². The first kappa shape index (κ1) is 26.0. The summed E-state index contributed by atoms with van der Waals surface area (Å²) in [7, 11) is 3.23. The third-order valence-corrected chi connectivity index (χ3v) is 6.01. The summed E-state index contributed by atoms with van der Waals surface area (Å²) in [5.74, 6) is -1.07. The number of hydrogen-bond acceptors (Lipinski definition) is 4. The lowest BCUT2D eigenvalue weighted by molar-refractivity contribution is -0.144. The van der Waals surface area contributed by atoms with E-state index in [1.165, 1.54) is 22.8 Å². The molecule has 3 aromatic rings. The standard InChI is InChI=1S/C18H15P.C5H11NO2.C2H4O2/c1-4-10-16(11-5-1)19(17-12-6-2-7-13-17)18-14-8-3-9-15-18;1-5(7)8-4-6(2)3;1-2(3)4/h1-15H;4H2,1-3H3;1H3,(H,3,4). The van der Waals surface area contributed by atoms with E-state index in [1.807, 2.05) is 14.1 Å². The van der Waals surface area contributed by atoms with E-state index in [2.05, 4.69) is 95.7 Å². The van der Waals surface area contributed by atoms with Crippen molar-refractivity contribution in [1.82, 2.24) is 4.90 Å². The molecule has 0 unspecified atom stereocenters. The van der Waals surface area contributed by atoms with Crippen LogP contribution in [0.25, 0.3) is 0 Å². The second-order valence-corrected chi connectivity index (χ2v) is 8.93. The lowest BCUT2D eigenvalue weighted by Crippen LogP contribution is -2.20. The molecule has 0 aliphatic heterocycles. The third-order valence-electron chi connectivity index (χ3n) is 3.57. The van der Waals surface area contributed by atoms with Gasteiger partial charge in [-0.05, 0) is 37.9 Å². The zero-order valence-electron chi connectivity index (χ0n) is 18.4. The lowest BCUT2D eigenvalue weighted by Gasteiger charge is -2.18. The van der Waals surface area contributed by atoms with Gasteiger partial charge in [0.2, 0.25) is 0 Å². The molecule has 0 heterocycles. The van der Waals surface area contributed by atoms with Gasteiger partial charge in [0.1, 0.15) is 6.73 Å². The summed E-state index contributed by atoms with van der Waals surface area (Å²) in [6.45, 7) is 2.85. The maximum atomic E-state index is 10.1. The van der Waals surface area contributed by atoms with Crippen molar-refractivity contribution in [2.75, 3.05) is 20.8 Å². The molecule has 5 nitrogen and oxygen atoms in total. The number of benzene rings is 3. The summed E-state index contributed by atoms with van der Waals surface area (Å²) in [6, 6.07) is 32.3. The van der Waals surface area contributed by atoms with Crippen molar-refractivity contribution in [2.24, 2.45) is 0 Å². The Hall–Kier alpha value is -3.01. The second-order valence-electron chi connectivity index (χ2n) is 6.71. The minimum Gasteiger partial charge on any atom is -0.481 e. The highest BCUT2D eigenvalue weighted by Gasteiger charge is 2.14. The minimum absolute atomic E-state index is 0.237. The first-order valence-electron chi connectivity index (χ1n) is 9.74. The lowest BCUT2D eigenvalue weighted by atomic mass is 10.4. The van der Waals surface area contributed by atoms with Crippen LogP contribution in [0.1, 0.15) is 13.8 Å². The van der Waals surface area contributed by atoms with Crippen LogP contribution in [-0.2, 0) is 14.3 Å². The maximum Gasteiger partial charge on any atom is 0.303 e. The molecule has 6 heteroatoms. The van der Waals surface area contributed by atoms with Gasteiger partial charge in [-0.15, -0.1) is 0 Å². The fourth-order valence-corrected chi connectivity index (χ4v) is 4.70. The van der Waals surface area contributed by atoms with Gasteiger partial charge in [-0.2, -0.15) is 0 Å². The average Bonchev–Trinajstić information content (AvgIpc) is 2.75. The molecule has 0 amide bonds.